The van der Waals surface area contributed by atoms with E-state index in [2.05, 4.69) is 8.92 Å². The van der Waals surface area contributed by atoms with Crippen LogP contribution in [0.1, 0.15) is 0 Å². The van der Waals surface area contributed by atoms with Crippen LogP contribution in [-0.4, -0.2) is 22.4 Å². The Balaban J connectivity index is -0.00000000500. The third kappa shape index (κ3) is 8.83. The maximum atomic E-state index is 4.21. The van der Waals surface area contributed by atoms with Crippen molar-refractivity contribution in [3.8, 4) is 0 Å². The summed E-state index contributed by atoms with van der Waals surface area (Å²) in [7, 11) is 4.21. The van der Waals surface area contributed by atoms with Crippen LogP contribution in [0.15, 0.2) is 0 Å². The third-order valence-corrected chi connectivity index (χ3v) is 0. The van der Waals surface area contributed by atoms with Crippen LogP contribution in [0.25, 0.3) is 0 Å². The van der Waals surface area contributed by atoms with E-state index in [0.717, 1.165) is 22.4 Å². The van der Waals surface area contributed by atoms with E-state index in [1.54, 1.807) is 0 Å². The van der Waals surface area contributed by atoms with Gasteiger partial charge < -0.3 is 13.5 Å². The molecule has 0 unspecified atom stereocenters. The molecule has 0 saturated carbocycles. The van der Waals surface area contributed by atoms with Crippen LogP contribution in [0.2, 0.25) is 0 Å². The summed E-state index contributed by atoms with van der Waals surface area (Å²) >= 11 is 0.933. The average molecular weight is 203 g/mol. The Labute approximate surface area is 73.0 Å². The molecule has 0 N–H and O–H groups in total. The van der Waals surface area contributed by atoms with E-state index in [4.69, 9.17) is 0 Å². The maximum absolute atomic E-state index is 4.21. The molecule has 0 nitrogen and oxygen atoms in total. The summed E-state index contributed by atoms with van der Waals surface area (Å²) in [6.07, 6.45) is 0. The SMILES string of the molecule is [Na+].[SH-].[S]=[In]. The van der Waals surface area contributed by atoms with Crippen molar-refractivity contribution in [2.45, 2.75) is 0 Å². The monoisotopic (exact) mass is 203 g/mol. The average Bonchev–Trinajstić information content (AvgIpc) is 1.00. The van der Waals surface area contributed by atoms with Gasteiger partial charge in [-0.25, -0.2) is 0 Å². The summed E-state index contributed by atoms with van der Waals surface area (Å²) < 4.78 is 0. The molecule has 0 aromatic heterocycles. The van der Waals surface area contributed by atoms with Crippen molar-refractivity contribution < 1.29 is 29.6 Å². The zero-order valence-electron chi connectivity index (χ0n) is 2.43. The number of hydrogen-bond acceptors (Lipinski definition) is 2. The Morgan fingerprint density at radius 2 is 1.25 bits per heavy atom. The van der Waals surface area contributed by atoms with Crippen molar-refractivity contribution in [1.29, 1.82) is 0 Å². The van der Waals surface area contributed by atoms with Gasteiger partial charge in [-0.2, -0.15) is 0 Å². The van der Waals surface area contributed by atoms with E-state index in [-0.39, 0.29) is 43.1 Å². The Hall–Kier alpha value is 2.44. The Morgan fingerprint density at radius 3 is 1.25 bits per heavy atom. The summed E-state index contributed by atoms with van der Waals surface area (Å²) in [5.41, 5.74) is 0. The Morgan fingerprint density at radius 1 is 1.25 bits per heavy atom. The van der Waals surface area contributed by atoms with Crippen molar-refractivity contribution in [3.05, 3.63) is 0 Å². The van der Waals surface area contributed by atoms with Gasteiger partial charge in [-0.1, -0.05) is 0 Å². The van der Waals surface area contributed by atoms with Crippen LogP contribution in [0.4, 0.5) is 0 Å². The van der Waals surface area contributed by atoms with E-state index < -0.39 is 0 Å². The predicted octanol–water partition coefficient (Wildman–Crippen LogP) is -3.00. The number of thiol groups is 1. The second kappa shape index (κ2) is 18.0. The van der Waals surface area contributed by atoms with E-state index in [1.165, 1.54) is 0 Å². The molecule has 4 heteroatoms. The molecule has 0 aliphatic rings. The predicted molar refractivity (Wildman–Crippen MR) is 22.1 cm³/mol. The fourth-order valence-corrected chi connectivity index (χ4v) is 0. The van der Waals surface area contributed by atoms with E-state index in [0.29, 0.717) is 0 Å². The van der Waals surface area contributed by atoms with E-state index >= 15 is 0 Å². The molecule has 17 valence electrons. The van der Waals surface area contributed by atoms with Gasteiger partial charge in [0.15, 0.2) is 0 Å². The molecular formula is HInNaS2. The molecule has 0 aromatic rings. The molecule has 1 radical (unpaired) electrons. The number of hydrogen-bond donors (Lipinski definition) is 0. The fraction of sp³-hybridized carbons (Fsp3) is 0. The van der Waals surface area contributed by atoms with Gasteiger partial charge in [-0.3, -0.25) is 0 Å². The van der Waals surface area contributed by atoms with E-state index in [1.807, 2.05) is 0 Å². The molecule has 0 atom stereocenters. The molecule has 0 spiro atoms. The minimum absolute atomic E-state index is 0. The van der Waals surface area contributed by atoms with Crippen molar-refractivity contribution in [2.24, 2.45) is 0 Å². The molecule has 0 bridgehead atoms. The molecule has 0 aromatic carbocycles. The summed E-state index contributed by atoms with van der Waals surface area (Å²) in [6, 6.07) is 0. The summed E-state index contributed by atoms with van der Waals surface area (Å²) in [5.74, 6) is 0. The van der Waals surface area contributed by atoms with Gasteiger partial charge >= 0.3 is 60.8 Å². The molecule has 0 aliphatic heterocycles. The first kappa shape index (κ1) is 16.1. The van der Waals surface area contributed by atoms with Gasteiger partial charge in [-0.15, -0.1) is 0 Å². The van der Waals surface area contributed by atoms with Crippen LogP contribution >= 0.6 is 8.92 Å². The standard InChI is InChI=1S/In.Na.H2S.S/h;;1H2;/q;+1;;/p-1. The topological polar surface area (TPSA) is 0 Å². The van der Waals surface area contributed by atoms with Gasteiger partial charge in [0.25, 0.3) is 0 Å². The first-order chi connectivity index (χ1) is 1.00. The summed E-state index contributed by atoms with van der Waals surface area (Å²) in [6.45, 7) is 0. The molecular weight excluding hydrogens is 202 g/mol. The van der Waals surface area contributed by atoms with Gasteiger partial charge in [0, 0.05) is 0 Å². The zero-order valence-corrected chi connectivity index (χ0v) is 9.44. The second-order valence-corrected chi connectivity index (χ2v) is 0. The minimum atomic E-state index is 0. The Kier molecular flexibility index (Phi) is 72.5. The van der Waals surface area contributed by atoms with Crippen LogP contribution < -0.4 is 29.6 Å². The van der Waals surface area contributed by atoms with Crippen LogP contribution in [0.5, 0.6) is 0 Å². The molecule has 0 rings (SSSR count). The van der Waals surface area contributed by atoms with Gasteiger partial charge in [0.1, 0.15) is 0 Å². The van der Waals surface area contributed by atoms with E-state index in [9.17, 15) is 0 Å². The van der Waals surface area contributed by atoms with Gasteiger partial charge in [0.2, 0.25) is 0 Å². The van der Waals surface area contributed by atoms with Crippen LogP contribution in [0, 0.1) is 0 Å². The first-order valence-electron chi connectivity index (χ1n) is 0.236. The van der Waals surface area contributed by atoms with Crippen molar-refractivity contribution in [2.75, 3.05) is 0 Å². The zero-order chi connectivity index (χ0) is 2.00. The molecule has 0 fully saturated rings. The normalized spacial score (nSPS) is 0.750. The molecule has 0 heterocycles. The number of rotatable bonds is 0. The van der Waals surface area contributed by atoms with Crippen LogP contribution in [0.3, 0.4) is 0 Å². The van der Waals surface area contributed by atoms with Gasteiger partial charge in [0.05, 0.1) is 0 Å². The molecule has 0 saturated heterocycles. The molecule has 0 aliphatic carbocycles. The van der Waals surface area contributed by atoms with Gasteiger partial charge in [-0.05, 0) is 0 Å². The van der Waals surface area contributed by atoms with Crippen LogP contribution in [-0.2, 0) is 13.5 Å². The third-order valence-electron chi connectivity index (χ3n) is 0. The van der Waals surface area contributed by atoms with Crippen molar-refractivity contribution in [1.82, 2.24) is 0 Å². The summed E-state index contributed by atoms with van der Waals surface area (Å²) in [5, 5.41) is 0. The quantitative estimate of drug-likeness (QED) is 0.234. The van der Waals surface area contributed by atoms with Crippen molar-refractivity contribution in [3.63, 3.8) is 0 Å². The Bertz CT molecular complexity index is 6.00. The second-order valence-electron chi connectivity index (χ2n) is 0. The molecule has 4 heavy (non-hydrogen) atoms. The first-order valence-corrected chi connectivity index (χ1v) is 4.74. The molecule has 0 amide bonds. The fourth-order valence-electron chi connectivity index (χ4n) is 0. The summed E-state index contributed by atoms with van der Waals surface area (Å²) in [4.78, 5) is 0. The van der Waals surface area contributed by atoms with Crippen molar-refractivity contribution >= 4 is 44.8 Å².